The molecule has 0 aliphatic heterocycles. The summed E-state index contributed by atoms with van der Waals surface area (Å²) in [6.45, 7) is 0. The van der Waals surface area contributed by atoms with E-state index in [2.05, 4.69) is 9.97 Å². The van der Waals surface area contributed by atoms with Crippen LogP contribution >= 0.6 is 22.7 Å². The summed E-state index contributed by atoms with van der Waals surface area (Å²) in [6, 6.07) is 0. The van der Waals surface area contributed by atoms with Crippen molar-refractivity contribution in [2.24, 2.45) is 0 Å². The summed E-state index contributed by atoms with van der Waals surface area (Å²) in [5.41, 5.74) is 11.1. The fraction of sp³-hybridized carbons (Fsp3) is 0. The van der Waals surface area contributed by atoms with Crippen molar-refractivity contribution in [3.05, 3.63) is 11.6 Å². The predicted molar refractivity (Wildman–Crippen MR) is 52.0 cm³/mol. The fourth-order valence-corrected chi connectivity index (χ4v) is 2.19. The Hall–Kier alpha value is -1.14. The quantitative estimate of drug-likeness (QED) is 0.726. The first kappa shape index (κ1) is 7.51. The minimum Gasteiger partial charge on any atom is -0.387 e. The lowest BCUT2D eigenvalue weighted by atomic mass is 10.7. The smallest absolute Gasteiger partial charge is 0.159 e. The number of hydrogen-bond acceptors (Lipinski definition) is 6. The Morgan fingerprint density at radius 2 is 2.08 bits per heavy atom. The van der Waals surface area contributed by atoms with E-state index in [1.165, 1.54) is 22.7 Å². The van der Waals surface area contributed by atoms with Crippen LogP contribution in [0.2, 0.25) is 0 Å². The third kappa shape index (κ3) is 1.15. The summed E-state index contributed by atoms with van der Waals surface area (Å²) in [4.78, 5) is 8.17. The van der Waals surface area contributed by atoms with Crippen molar-refractivity contribution < 1.29 is 0 Å². The summed E-state index contributed by atoms with van der Waals surface area (Å²) in [7, 11) is 0. The molecule has 6 heteroatoms. The normalized spacial score (nSPS) is 10.3. The van der Waals surface area contributed by atoms with Crippen LogP contribution in [-0.4, -0.2) is 9.97 Å². The van der Waals surface area contributed by atoms with Gasteiger partial charge in [0.2, 0.25) is 0 Å². The van der Waals surface area contributed by atoms with Gasteiger partial charge in [0.1, 0.15) is 5.00 Å². The van der Waals surface area contributed by atoms with Crippen LogP contribution in [0, 0.1) is 0 Å². The largest absolute Gasteiger partial charge is 0.387 e. The molecule has 2 rings (SSSR count). The van der Waals surface area contributed by atoms with E-state index in [0.717, 1.165) is 10.0 Å². The highest BCUT2D eigenvalue weighted by molar-refractivity contribution is 7.23. The van der Waals surface area contributed by atoms with Gasteiger partial charge in [-0.25, -0.2) is 9.97 Å². The lowest BCUT2D eigenvalue weighted by molar-refractivity contribution is 1.36. The lowest BCUT2D eigenvalue weighted by Gasteiger charge is -1.82. The molecule has 0 bridgehead atoms. The molecule has 2 aromatic heterocycles. The second-order valence-electron chi connectivity index (χ2n) is 2.11. The number of nitrogen functional groups attached to an aromatic ring is 2. The van der Waals surface area contributed by atoms with Gasteiger partial charge in [-0.15, -0.1) is 11.3 Å². The molecule has 0 unspecified atom stereocenters. The Kier molecular flexibility index (Phi) is 1.70. The maximum absolute atomic E-state index is 5.55. The number of hydrogen-bond donors (Lipinski definition) is 2. The van der Waals surface area contributed by atoms with Crippen molar-refractivity contribution in [2.75, 3.05) is 11.5 Å². The van der Waals surface area contributed by atoms with E-state index in [1.54, 1.807) is 6.20 Å². The molecule has 0 atom stereocenters. The molecular weight excluding hydrogens is 192 g/mol. The molecule has 0 aliphatic rings. The van der Waals surface area contributed by atoms with Gasteiger partial charge >= 0.3 is 0 Å². The van der Waals surface area contributed by atoms with Crippen LogP contribution in [0.15, 0.2) is 11.6 Å². The summed E-state index contributed by atoms with van der Waals surface area (Å²) in [5.74, 6) is 0.394. The topological polar surface area (TPSA) is 77.8 Å². The van der Waals surface area contributed by atoms with E-state index in [1.807, 2.05) is 5.38 Å². The van der Waals surface area contributed by atoms with E-state index in [-0.39, 0.29) is 0 Å². The van der Waals surface area contributed by atoms with Gasteiger partial charge in [-0.2, -0.15) is 0 Å². The van der Waals surface area contributed by atoms with Crippen LogP contribution in [0.3, 0.4) is 0 Å². The lowest BCUT2D eigenvalue weighted by Crippen LogP contribution is -1.89. The maximum Gasteiger partial charge on any atom is 0.159 e. The number of thiazole rings is 2. The number of aromatic nitrogens is 2. The first-order chi connectivity index (χ1) is 5.77. The first-order valence-electron chi connectivity index (χ1n) is 3.19. The van der Waals surface area contributed by atoms with Crippen LogP contribution in [0.1, 0.15) is 0 Å². The second kappa shape index (κ2) is 2.72. The van der Waals surface area contributed by atoms with Gasteiger partial charge in [-0.1, -0.05) is 11.3 Å². The number of rotatable bonds is 1. The molecule has 0 amide bonds. The Morgan fingerprint density at radius 3 is 2.58 bits per heavy atom. The summed E-state index contributed by atoms with van der Waals surface area (Å²) < 4.78 is 0. The van der Waals surface area contributed by atoms with Gasteiger partial charge in [0.05, 0.1) is 0 Å². The molecule has 12 heavy (non-hydrogen) atoms. The summed E-state index contributed by atoms with van der Waals surface area (Å²) in [6.07, 6.45) is 1.73. The standard InChI is InChI=1S/C6H6N4S2/c7-3-4(8)12-6(10-3)5-9-1-2-11-5/h1-2H,7-8H2. The molecule has 0 saturated carbocycles. The SMILES string of the molecule is Nc1nc(-c2nccs2)sc1N. The van der Waals surface area contributed by atoms with Gasteiger partial charge in [-0.05, 0) is 0 Å². The van der Waals surface area contributed by atoms with Gasteiger partial charge in [0.25, 0.3) is 0 Å². The Balaban J connectivity index is 2.48. The van der Waals surface area contributed by atoms with Crippen molar-refractivity contribution in [2.45, 2.75) is 0 Å². The van der Waals surface area contributed by atoms with Gasteiger partial charge < -0.3 is 11.5 Å². The van der Waals surface area contributed by atoms with Gasteiger partial charge in [0, 0.05) is 11.6 Å². The van der Waals surface area contributed by atoms with Crippen molar-refractivity contribution in [1.29, 1.82) is 0 Å². The zero-order valence-corrected chi connectivity index (χ0v) is 7.65. The van der Waals surface area contributed by atoms with Crippen LogP contribution in [0.4, 0.5) is 10.8 Å². The highest BCUT2D eigenvalue weighted by Gasteiger charge is 2.08. The molecule has 0 saturated heterocycles. The third-order valence-corrected chi connectivity index (χ3v) is 3.11. The van der Waals surface area contributed by atoms with E-state index < -0.39 is 0 Å². The zero-order valence-electron chi connectivity index (χ0n) is 6.02. The maximum atomic E-state index is 5.55. The number of nitrogens with two attached hydrogens (primary N) is 2. The first-order valence-corrected chi connectivity index (χ1v) is 4.88. The minimum absolute atomic E-state index is 0.394. The number of anilines is 2. The van der Waals surface area contributed by atoms with Gasteiger partial charge in [0.15, 0.2) is 15.8 Å². The molecule has 4 nitrogen and oxygen atoms in total. The Morgan fingerprint density at radius 1 is 1.25 bits per heavy atom. The molecule has 0 radical (unpaired) electrons. The molecule has 0 fully saturated rings. The van der Waals surface area contributed by atoms with Crippen molar-refractivity contribution >= 4 is 33.5 Å². The average Bonchev–Trinajstić information content (AvgIpc) is 2.61. The second-order valence-corrected chi connectivity index (χ2v) is 4.03. The van der Waals surface area contributed by atoms with Crippen LogP contribution < -0.4 is 11.5 Å². The van der Waals surface area contributed by atoms with Crippen LogP contribution in [0.25, 0.3) is 10.0 Å². The molecule has 62 valence electrons. The predicted octanol–water partition coefficient (Wildman–Crippen LogP) is 1.43. The number of nitrogens with zero attached hydrogens (tertiary/aromatic N) is 2. The summed E-state index contributed by atoms with van der Waals surface area (Å²) >= 11 is 2.89. The average molecular weight is 198 g/mol. The highest BCUT2D eigenvalue weighted by Crippen LogP contribution is 2.31. The molecule has 2 aromatic rings. The molecular formula is C6H6N4S2. The zero-order chi connectivity index (χ0) is 8.55. The molecule has 4 N–H and O–H groups in total. The van der Waals surface area contributed by atoms with E-state index >= 15 is 0 Å². The highest BCUT2D eigenvalue weighted by atomic mass is 32.1. The molecule has 0 aliphatic carbocycles. The summed E-state index contributed by atoms with van der Waals surface area (Å²) in [5, 5.41) is 4.10. The fourth-order valence-electron chi connectivity index (χ4n) is 0.764. The van der Waals surface area contributed by atoms with Crippen molar-refractivity contribution in [3.63, 3.8) is 0 Å². The minimum atomic E-state index is 0.394. The Bertz CT molecular complexity index is 359. The van der Waals surface area contributed by atoms with E-state index in [4.69, 9.17) is 11.5 Å². The molecule has 0 spiro atoms. The third-order valence-electron chi connectivity index (χ3n) is 1.30. The molecule has 2 heterocycles. The monoisotopic (exact) mass is 198 g/mol. The van der Waals surface area contributed by atoms with Crippen LogP contribution in [0.5, 0.6) is 0 Å². The van der Waals surface area contributed by atoms with Crippen molar-refractivity contribution in [3.8, 4) is 10.0 Å². The van der Waals surface area contributed by atoms with Gasteiger partial charge in [-0.3, -0.25) is 0 Å². The Labute approximate surface area is 76.9 Å². The van der Waals surface area contributed by atoms with Crippen molar-refractivity contribution in [1.82, 2.24) is 9.97 Å². The molecule has 0 aromatic carbocycles. The van der Waals surface area contributed by atoms with Crippen LogP contribution in [-0.2, 0) is 0 Å². The van der Waals surface area contributed by atoms with E-state index in [9.17, 15) is 0 Å². The van der Waals surface area contributed by atoms with E-state index in [0.29, 0.717) is 10.8 Å².